The van der Waals surface area contributed by atoms with Crippen molar-refractivity contribution in [3.05, 3.63) is 28.0 Å². The second kappa shape index (κ2) is 6.82. The normalized spacial score (nSPS) is 10.6. The minimum absolute atomic E-state index is 0.167. The molecule has 0 saturated carbocycles. The van der Waals surface area contributed by atoms with Crippen molar-refractivity contribution < 1.29 is 4.79 Å². The number of nitrogens with zero attached hydrogens (tertiary/aromatic N) is 1. The van der Waals surface area contributed by atoms with Gasteiger partial charge in [-0.25, -0.2) is 4.98 Å². The van der Waals surface area contributed by atoms with Gasteiger partial charge in [-0.3, -0.25) is 4.79 Å². The molecular weight excluding hydrogens is 259 g/mol. The highest BCUT2D eigenvalue weighted by atomic mass is 35.5. The summed E-state index contributed by atoms with van der Waals surface area (Å²) in [6.45, 7) is 4.98. The van der Waals surface area contributed by atoms with Crippen LogP contribution >= 0.6 is 23.2 Å². The summed E-state index contributed by atoms with van der Waals surface area (Å²) in [5.74, 6) is 0.483. The van der Waals surface area contributed by atoms with Gasteiger partial charge in [-0.1, -0.05) is 37.0 Å². The molecule has 3 nitrogen and oxygen atoms in total. The van der Waals surface area contributed by atoms with Crippen molar-refractivity contribution >= 4 is 29.1 Å². The molecule has 1 rings (SSSR count). The molecule has 0 aliphatic heterocycles. The van der Waals surface area contributed by atoms with Crippen molar-refractivity contribution in [3.63, 3.8) is 0 Å². The van der Waals surface area contributed by atoms with E-state index in [4.69, 9.17) is 23.2 Å². The molecule has 1 amide bonds. The Balaban J connectivity index is 2.47. The number of carbonyl (C=O) groups is 1. The number of aromatic nitrogens is 1. The molecule has 1 aromatic rings. The van der Waals surface area contributed by atoms with Gasteiger partial charge in [0.2, 0.25) is 0 Å². The van der Waals surface area contributed by atoms with E-state index in [1.807, 2.05) is 0 Å². The Morgan fingerprint density at radius 3 is 2.47 bits per heavy atom. The summed E-state index contributed by atoms with van der Waals surface area (Å²) < 4.78 is 0. The maximum absolute atomic E-state index is 11.7. The van der Waals surface area contributed by atoms with Crippen LogP contribution in [-0.4, -0.2) is 17.4 Å². The highest BCUT2D eigenvalue weighted by Gasteiger charge is 2.08. The van der Waals surface area contributed by atoms with E-state index in [1.165, 1.54) is 12.1 Å². The van der Waals surface area contributed by atoms with Gasteiger partial charge in [0.15, 0.2) is 0 Å². The topological polar surface area (TPSA) is 42.0 Å². The number of hydrogen-bond acceptors (Lipinski definition) is 2. The van der Waals surface area contributed by atoms with Crippen LogP contribution in [0.25, 0.3) is 0 Å². The average Bonchev–Trinajstić information content (AvgIpc) is 2.22. The number of nitrogens with one attached hydrogen (secondary N) is 1. The first-order valence-electron chi connectivity index (χ1n) is 5.60. The maximum Gasteiger partial charge on any atom is 0.251 e. The van der Waals surface area contributed by atoms with Crippen LogP contribution in [0.15, 0.2) is 12.1 Å². The summed E-state index contributed by atoms with van der Waals surface area (Å²) in [6.07, 6.45) is 2.06. The Morgan fingerprint density at radius 1 is 1.35 bits per heavy atom. The molecule has 5 heteroatoms. The summed E-state index contributed by atoms with van der Waals surface area (Å²) >= 11 is 11.4. The van der Waals surface area contributed by atoms with Crippen LogP contribution in [0.1, 0.15) is 37.0 Å². The monoisotopic (exact) mass is 274 g/mol. The van der Waals surface area contributed by atoms with Crippen molar-refractivity contribution in [2.75, 3.05) is 6.54 Å². The largest absolute Gasteiger partial charge is 0.352 e. The van der Waals surface area contributed by atoms with E-state index >= 15 is 0 Å². The molecule has 0 spiro atoms. The third kappa shape index (κ3) is 5.37. The molecule has 0 aliphatic carbocycles. The van der Waals surface area contributed by atoms with Gasteiger partial charge >= 0.3 is 0 Å². The van der Waals surface area contributed by atoms with Crippen molar-refractivity contribution in [2.45, 2.75) is 26.7 Å². The molecule has 0 unspecified atom stereocenters. The smallest absolute Gasteiger partial charge is 0.251 e. The zero-order valence-electron chi connectivity index (χ0n) is 9.96. The predicted octanol–water partition coefficient (Wildman–Crippen LogP) is 3.55. The molecule has 1 heterocycles. The quantitative estimate of drug-likeness (QED) is 0.659. The molecule has 1 aromatic heterocycles. The van der Waals surface area contributed by atoms with Crippen LogP contribution in [0.2, 0.25) is 10.3 Å². The van der Waals surface area contributed by atoms with Crippen molar-refractivity contribution in [3.8, 4) is 0 Å². The first-order valence-corrected chi connectivity index (χ1v) is 6.36. The lowest BCUT2D eigenvalue weighted by Gasteiger charge is -2.07. The van der Waals surface area contributed by atoms with Crippen LogP contribution in [-0.2, 0) is 0 Å². The number of amides is 1. The third-order valence-corrected chi connectivity index (χ3v) is 2.66. The van der Waals surface area contributed by atoms with Crippen LogP contribution < -0.4 is 5.32 Å². The minimum Gasteiger partial charge on any atom is -0.352 e. The zero-order chi connectivity index (χ0) is 12.8. The van der Waals surface area contributed by atoms with Gasteiger partial charge in [0.25, 0.3) is 5.91 Å². The molecule has 0 saturated heterocycles. The Morgan fingerprint density at radius 2 is 1.94 bits per heavy atom. The van der Waals surface area contributed by atoms with E-state index in [-0.39, 0.29) is 16.2 Å². The molecule has 0 radical (unpaired) electrons. The van der Waals surface area contributed by atoms with Crippen LogP contribution in [0.3, 0.4) is 0 Å². The summed E-state index contributed by atoms with van der Waals surface area (Å²) in [4.78, 5) is 15.5. The highest BCUT2D eigenvalue weighted by molar-refractivity contribution is 6.33. The molecule has 0 atom stereocenters. The zero-order valence-corrected chi connectivity index (χ0v) is 11.5. The van der Waals surface area contributed by atoms with E-state index in [0.717, 1.165) is 12.8 Å². The fourth-order valence-electron chi connectivity index (χ4n) is 1.41. The molecule has 94 valence electrons. The van der Waals surface area contributed by atoms with Gasteiger partial charge in [0, 0.05) is 12.1 Å². The standard InChI is InChI=1S/C12H16Cl2N2O/c1-8(2)4-3-5-15-12(17)9-6-10(13)16-11(14)7-9/h6-8H,3-5H2,1-2H3,(H,15,17). The molecule has 17 heavy (non-hydrogen) atoms. The molecule has 0 aromatic carbocycles. The lowest BCUT2D eigenvalue weighted by atomic mass is 10.1. The predicted molar refractivity (Wildman–Crippen MR) is 70.7 cm³/mol. The number of rotatable bonds is 5. The van der Waals surface area contributed by atoms with E-state index in [0.29, 0.717) is 18.0 Å². The molecule has 0 bridgehead atoms. The molecular formula is C12H16Cl2N2O. The van der Waals surface area contributed by atoms with E-state index in [9.17, 15) is 4.79 Å². The number of pyridine rings is 1. The summed E-state index contributed by atoms with van der Waals surface area (Å²) in [5.41, 5.74) is 0.444. The Hall–Kier alpha value is -0.800. The van der Waals surface area contributed by atoms with Crippen molar-refractivity contribution in [2.24, 2.45) is 5.92 Å². The third-order valence-electron chi connectivity index (χ3n) is 2.27. The maximum atomic E-state index is 11.7. The SMILES string of the molecule is CC(C)CCCNC(=O)c1cc(Cl)nc(Cl)c1. The number of hydrogen-bond donors (Lipinski definition) is 1. The van der Waals surface area contributed by atoms with Gasteiger partial charge in [0.1, 0.15) is 10.3 Å². The number of halogens is 2. The Kier molecular flexibility index (Phi) is 5.72. The summed E-state index contributed by atoms with van der Waals surface area (Å²) in [6, 6.07) is 3.01. The molecule has 0 fully saturated rings. The Labute approximate surface area is 112 Å². The van der Waals surface area contributed by atoms with Gasteiger partial charge < -0.3 is 5.32 Å². The lowest BCUT2D eigenvalue weighted by Crippen LogP contribution is -2.24. The average molecular weight is 275 g/mol. The second-order valence-corrected chi connectivity index (χ2v) is 5.07. The lowest BCUT2D eigenvalue weighted by molar-refractivity contribution is 0.0952. The summed E-state index contributed by atoms with van der Waals surface area (Å²) in [7, 11) is 0. The Bertz CT molecular complexity index is 374. The minimum atomic E-state index is -0.167. The van der Waals surface area contributed by atoms with Crippen molar-refractivity contribution in [1.82, 2.24) is 10.3 Å². The van der Waals surface area contributed by atoms with E-state index < -0.39 is 0 Å². The van der Waals surface area contributed by atoms with Gasteiger partial charge in [-0.05, 0) is 30.9 Å². The first kappa shape index (κ1) is 14.3. The van der Waals surface area contributed by atoms with E-state index in [2.05, 4.69) is 24.1 Å². The molecule has 0 aliphatic rings. The number of carbonyl (C=O) groups excluding carboxylic acids is 1. The second-order valence-electron chi connectivity index (χ2n) is 4.29. The summed E-state index contributed by atoms with van der Waals surface area (Å²) in [5, 5.41) is 3.28. The fourth-order valence-corrected chi connectivity index (χ4v) is 1.87. The van der Waals surface area contributed by atoms with E-state index in [1.54, 1.807) is 0 Å². The van der Waals surface area contributed by atoms with Gasteiger partial charge in [0.05, 0.1) is 0 Å². The van der Waals surface area contributed by atoms with Crippen LogP contribution in [0.4, 0.5) is 0 Å². The highest BCUT2D eigenvalue weighted by Crippen LogP contribution is 2.14. The van der Waals surface area contributed by atoms with Crippen molar-refractivity contribution in [1.29, 1.82) is 0 Å². The first-order chi connectivity index (χ1) is 7.99. The van der Waals surface area contributed by atoms with Gasteiger partial charge in [-0.15, -0.1) is 0 Å². The van der Waals surface area contributed by atoms with Gasteiger partial charge in [-0.2, -0.15) is 0 Å². The van der Waals surface area contributed by atoms with Crippen LogP contribution in [0.5, 0.6) is 0 Å². The molecule has 1 N–H and O–H groups in total. The fraction of sp³-hybridized carbons (Fsp3) is 0.500. The van der Waals surface area contributed by atoms with Crippen LogP contribution in [0, 0.1) is 5.92 Å².